The third-order valence-corrected chi connectivity index (χ3v) is 3.39. The average Bonchev–Trinajstić information content (AvgIpc) is 2.48. The van der Waals surface area contributed by atoms with E-state index < -0.39 is 0 Å². The van der Waals surface area contributed by atoms with E-state index >= 15 is 0 Å². The van der Waals surface area contributed by atoms with Crippen molar-refractivity contribution in [3.63, 3.8) is 0 Å². The molecule has 0 unspecified atom stereocenters. The number of nitrogens with two attached hydrogens (primary N) is 1. The maximum Gasteiger partial charge on any atom is 0.257 e. The van der Waals surface area contributed by atoms with Gasteiger partial charge in [0, 0.05) is 11.3 Å². The molecule has 0 saturated carbocycles. The Balaban J connectivity index is 2.22. The maximum absolute atomic E-state index is 12.3. The number of nitrogens with one attached hydrogen (secondary N) is 1. The highest BCUT2D eigenvalue weighted by Crippen LogP contribution is 2.21. The van der Waals surface area contributed by atoms with Gasteiger partial charge in [-0.3, -0.25) is 4.79 Å². The third-order valence-electron chi connectivity index (χ3n) is 2.89. The highest BCUT2D eigenvalue weighted by Gasteiger charge is 2.11. The molecule has 0 aliphatic carbocycles. The van der Waals surface area contributed by atoms with Gasteiger partial charge < -0.3 is 11.1 Å². The summed E-state index contributed by atoms with van der Waals surface area (Å²) in [7, 11) is 0. The Hall–Kier alpha value is -2.28. The van der Waals surface area contributed by atoms with Crippen molar-refractivity contribution in [2.24, 2.45) is 5.73 Å². The number of hydrogen-bond donors (Lipinski definition) is 2. The molecule has 106 valence electrons. The van der Waals surface area contributed by atoms with Gasteiger partial charge in [0.05, 0.1) is 17.1 Å². The fourth-order valence-electron chi connectivity index (χ4n) is 1.85. The van der Waals surface area contributed by atoms with Crippen LogP contribution in [-0.4, -0.2) is 12.5 Å². The lowest BCUT2D eigenvalue weighted by Crippen LogP contribution is -2.12. The quantitative estimate of drug-likeness (QED) is 0.837. The molecule has 21 heavy (non-hydrogen) atoms. The van der Waals surface area contributed by atoms with E-state index in [1.54, 1.807) is 24.3 Å². The van der Waals surface area contributed by atoms with Crippen LogP contribution in [-0.2, 0) is 0 Å². The molecule has 4 heteroatoms. The number of rotatable bonds is 2. The Morgan fingerprint density at radius 1 is 1.29 bits per heavy atom. The molecule has 0 atom stereocenters. The van der Waals surface area contributed by atoms with Crippen molar-refractivity contribution >= 4 is 23.2 Å². The fourth-order valence-corrected chi connectivity index (χ4v) is 2.06. The van der Waals surface area contributed by atoms with Gasteiger partial charge in [-0.15, -0.1) is 0 Å². The number of halogens is 1. The molecule has 2 rings (SSSR count). The Morgan fingerprint density at radius 2 is 2.05 bits per heavy atom. The topological polar surface area (TPSA) is 55.1 Å². The van der Waals surface area contributed by atoms with Crippen molar-refractivity contribution in [2.75, 3.05) is 11.9 Å². The molecule has 0 aliphatic rings. The molecule has 0 aromatic heterocycles. The van der Waals surface area contributed by atoms with E-state index in [1.165, 1.54) is 0 Å². The van der Waals surface area contributed by atoms with Gasteiger partial charge in [0.1, 0.15) is 0 Å². The summed E-state index contributed by atoms with van der Waals surface area (Å²) in [5.41, 5.74) is 8.13. The number of hydrogen-bond acceptors (Lipinski definition) is 2. The molecule has 2 aromatic rings. The van der Waals surface area contributed by atoms with E-state index in [4.69, 9.17) is 17.3 Å². The lowest BCUT2D eigenvalue weighted by Gasteiger charge is -2.08. The van der Waals surface area contributed by atoms with E-state index in [0.717, 1.165) is 11.1 Å². The van der Waals surface area contributed by atoms with Gasteiger partial charge in [0.25, 0.3) is 5.91 Å². The number of anilines is 1. The molecule has 0 aliphatic heterocycles. The second-order valence-corrected chi connectivity index (χ2v) is 4.86. The third kappa shape index (κ3) is 3.85. The van der Waals surface area contributed by atoms with Crippen LogP contribution in [0.1, 0.15) is 21.5 Å². The smallest absolute Gasteiger partial charge is 0.257 e. The molecule has 3 N–H and O–H groups in total. The SMILES string of the molecule is Cc1cccc(C(=O)Nc2cccc(C#CCN)c2)c1Cl. The Morgan fingerprint density at radius 3 is 2.81 bits per heavy atom. The summed E-state index contributed by atoms with van der Waals surface area (Å²) in [5.74, 6) is 5.46. The standard InChI is InChI=1S/C17H15ClN2O/c1-12-5-2-9-15(16(12)18)17(21)20-14-8-3-6-13(11-14)7-4-10-19/h2-3,5-6,8-9,11H,10,19H2,1H3,(H,20,21). The summed E-state index contributed by atoms with van der Waals surface area (Å²) < 4.78 is 0. The van der Waals surface area contributed by atoms with Gasteiger partial charge >= 0.3 is 0 Å². The van der Waals surface area contributed by atoms with Gasteiger partial charge in [-0.1, -0.05) is 41.6 Å². The zero-order chi connectivity index (χ0) is 15.2. The Kier molecular flexibility index (Phi) is 4.99. The molecule has 0 spiro atoms. The van der Waals surface area contributed by atoms with Crippen molar-refractivity contribution in [3.8, 4) is 11.8 Å². The van der Waals surface area contributed by atoms with Gasteiger partial charge in [0.2, 0.25) is 0 Å². The van der Waals surface area contributed by atoms with Crippen molar-refractivity contribution in [2.45, 2.75) is 6.92 Å². The zero-order valence-electron chi connectivity index (χ0n) is 11.6. The number of carbonyl (C=O) groups is 1. The molecule has 1 amide bonds. The average molecular weight is 299 g/mol. The van der Waals surface area contributed by atoms with Gasteiger partial charge in [0.15, 0.2) is 0 Å². The second-order valence-electron chi connectivity index (χ2n) is 4.48. The molecule has 3 nitrogen and oxygen atoms in total. The summed E-state index contributed by atoms with van der Waals surface area (Å²) in [6, 6.07) is 12.6. The number of amides is 1. The molecule has 0 heterocycles. The fraction of sp³-hybridized carbons (Fsp3) is 0.118. The predicted octanol–water partition coefficient (Wildman–Crippen LogP) is 3.21. The van der Waals surface area contributed by atoms with Gasteiger partial charge in [-0.2, -0.15) is 0 Å². The second kappa shape index (κ2) is 6.94. The van der Waals surface area contributed by atoms with Gasteiger partial charge in [-0.25, -0.2) is 0 Å². The first-order valence-electron chi connectivity index (χ1n) is 6.47. The molecule has 0 fully saturated rings. The summed E-state index contributed by atoms with van der Waals surface area (Å²) >= 11 is 6.16. The lowest BCUT2D eigenvalue weighted by molar-refractivity contribution is 0.102. The Labute approximate surface area is 129 Å². The van der Waals surface area contributed by atoms with Crippen LogP contribution in [0.4, 0.5) is 5.69 Å². The van der Waals surface area contributed by atoms with Crippen LogP contribution in [0.3, 0.4) is 0 Å². The normalized spacial score (nSPS) is 9.67. The minimum Gasteiger partial charge on any atom is -0.322 e. The monoisotopic (exact) mass is 298 g/mol. The van der Waals surface area contributed by atoms with Crippen molar-refractivity contribution in [3.05, 3.63) is 64.2 Å². The lowest BCUT2D eigenvalue weighted by atomic mass is 10.1. The molecule has 0 bridgehead atoms. The summed E-state index contributed by atoms with van der Waals surface area (Å²) in [6.45, 7) is 2.16. The molecule has 2 aromatic carbocycles. The highest BCUT2D eigenvalue weighted by atomic mass is 35.5. The number of aryl methyl sites for hydroxylation is 1. The largest absolute Gasteiger partial charge is 0.322 e. The molecular formula is C17H15ClN2O. The summed E-state index contributed by atoms with van der Waals surface area (Å²) in [6.07, 6.45) is 0. The van der Waals surface area contributed by atoms with Crippen molar-refractivity contribution < 1.29 is 4.79 Å². The predicted molar refractivity (Wildman–Crippen MR) is 86.5 cm³/mol. The van der Waals surface area contributed by atoms with E-state index in [-0.39, 0.29) is 5.91 Å². The molecule has 0 saturated heterocycles. The van der Waals surface area contributed by atoms with Crippen molar-refractivity contribution in [1.29, 1.82) is 0 Å². The maximum atomic E-state index is 12.3. The zero-order valence-corrected chi connectivity index (χ0v) is 12.4. The highest BCUT2D eigenvalue weighted by molar-refractivity contribution is 6.35. The molecule has 0 radical (unpaired) electrons. The first kappa shape index (κ1) is 15.1. The number of carbonyl (C=O) groups excluding carboxylic acids is 1. The Bertz CT molecular complexity index is 729. The van der Waals surface area contributed by atoms with Gasteiger partial charge in [-0.05, 0) is 36.8 Å². The van der Waals surface area contributed by atoms with E-state index in [9.17, 15) is 4.79 Å². The summed E-state index contributed by atoms with van der Waals surface area (Å²) in [5, 5.41) is 3.29. The van der Waals surface area contributed by atoms with Crippen LogP contribution < -0.4 is 11.1 Å². The van der Waals surface area contributed by atoms with E-state index in [0.29, 0.717) is 22.8 Å². The minimum atomic E-state index is -0.243. The minimum absolute atomic E-state index is 0.243. The van der Waals surface area contributed by atoms with Crippen LogP contribution in [0.15, 0.2) is 42.5 Å². The van der Waals surface area contributed by atoms with E-state index in [1.807, 2.05) is 25.1 Å². The van der Waals surface area contributed by atoms with Crippen LogP contribution in [0.2, 0.25) is 5.02 Å². The van der Waals surface area contributed by atoms with Crippen LogP contribution in [0, 0.1) is 18.8 Å². The number of benzene rings is 2. The summed E-state index contributed by atoms with van der Waals surface area (Å²) in [4.78, 5) is 12.3. The van der Waals surface area contributed by atoms with Crippen LogP contribution in [0.25, 0.3) is 0 Å². The molecular weight excluding hydrogens is 284 g/mol. The van der Waals surface area contributed by atoms with E-state index in [2.05, 4.69) is 17.2 Å². The first-order valence-corrected chi connectivity index (χ1v) is 6.85. The van der Waals surface area contributed by atoms with Crippen molar-refractivity contribution in [1.82, 2.24) is 0 Å². The van der Waals surface area contributed by atoms with Crippen LogP contribution in [0.5, 0.6) is 0 Å². The van der Waals surface area contributed by atoms with Crippen LogP contribution >= 0.6 is 11.6 Å². The first-order chi connectivity index (χ1) is 10.1.